The van der Waals surface area contributed by atoms with Crippen molar-refractivity contribution in [3.63, 3.8) is 0 Å². The van der Waals surface area contributed by atoms with Crippen molar-refractivity contribution in [2.45, 2.75) is 13.0 Å². The summed E-state index contributed by atoms with van der Waals surface area (Å²) >= 11 is 0. The van der Waals surface area contributed by atoms with Gasteiger partial charge >= 0.3 is 0 Å². The molecule has 1 N–H and O–H groups in total. The molecule has 3 aromatic carbocycles. The van der Waals surface area contributed by atoms with Gasteiger partial charge in [0.05, 0.1) is 11.0 Å². The van der Waals surface area contributed by atoms with Crippen LogP contribution in [-0.2, 0) is 4.79 Å². The van der Waals surface area contributed by atoms with Gasteiger partial charge in [0.1, 0.15) is 12.4 Å². The number of carbonyl (C=O) groups is 2. The molecule has 0 aromatic heterocycles. The molecular weight excluding hydrogens is 401 g/mol. The van der Waals surface area contributed by atoms with Crippen LogP contribution in [0.25, 0.3) is 0 Å². The van der Waals surface area contributed by atoms with E-state index in [1.54, 1.807) is 18.2 Å². The van der Waals surface area contributed by atoms with Crippen molar-refractivity contribution >= 4 is 23.2 Å². The third kappa shape index (κ3) is 4.00. The molecule has 0 aliphatic carbocycles. The molecule has 1 unspecified atom stereocenters. The lowest BCUT2D eigenvalue weighted by Crippen LogP contribution is -2.39. The maximum absolute atomic E-state index is 13.6. The van der Waals surface area contributed by atoms with Crippen LogP contribution >= 0.6 is 0 Å². The van der Waals surface area contributed by atoms with Gasteiger partial charge in [-0.25, -0.2) is 4.39 Å². The second-order valence-electron chi connectivity index (χ2n) is 7.33. The second kappa shape index (κ2) is 7.98. The molecule has 0 fully saturated rings. The van der Waals surface area contributed by atoms with Crippen molar-refractivity contribution in [1.82, 2.24) is 4.90 Å². The normalized spacial score (nSPS) is 15.6. The van der Waals surface area contributed by atoms with E-state index in [4.69, 9.17) is 0 Å². The number of nitro groups is 1. The van der Waals surface area contributed by atoms with E-state index in [1.807, 2.05) is 19.1 Å². The molecule has 1 aliphatic heterocycles. The minimum atomic E-state index is -0.693. The van der Waals surface area contributed by atoms with Gasteiger partial charge in [0, 0.05) is 28.9 Å². The van der Waals surface area contributed by atoms with Gasteiger partial charge in [0.2, 0.25) is 5.91 Å². The number of non-ortho nitro benzene ring substituents is 1. The average molecular weight is 419 g/mol. The summed E-state index contributed by atoms with van der Waals surface area (Å²) in [4.78, 5) is 38.0. The van der Waals surface area contributed by atoms with Crippen LogP contribution in [-0.4, -0.2) is 28.2 Å². The highest BCUT2D eigenvalue weighted by molar-refractivity contribution is 6.01. The van der Waals surface area contributed by atoms with Crippen LogP contribution < -0.4 is 5.32 Å². The van der Waals surface area contributed by atoms with Crippen molar-refractivity contribution in [3.05, 3.63) is 105 Å². The van der Waals surface area contributed by atoms with E-state index < -0.39 is 28.6 Å². The predicted octanol–water partition coefficient (Wildman–Crippen LogP) is 4.23. The highest BCUT2D eigenvalue weighted by atomic mass is 19.1. The van der Waals surface area contributed by atoms with E-state index >= 15 is 0 Å². The number of benzene rings is 3. The van der Waals surface area contributed by atoms with Gasteiger partial charge in [-0.05, 0) is 36.8 Å². The Morgan fingerprint density at radius 3 is 2.58 bits per heavy atom. The monoisotopic (exact) mass is 419 g/mol. The fraction of sp³-hybridized carbons (Fsp3) is 0.130. The maximum Gasteiger partial charge on any atom is 0.270 e. The van der Waals surface area contributed by atoms with Crippen LogP contribution in [0.15, 0.2) is 66.7 Å². The first-order valence-corrected chi connectivity index (χ1v) is 9.55. The van der Waals surface area contributed by atoms with Gasteiger partial charge < -0.3 is 10.2 Å². The Hall–Kier alpha value is -4.07. The molecule has 8 heteroatoms. The molecule has 1 heterocycles. The topological polar surface area (TPSA) is 92.6 Å². The minimum absolute atomic E-state index is 0.0882. The van der Waals surface area contributed by atoms with E-state index in [0.717, 1.165) is 5.56 Å². The molecule has 2 amide bonds. The number of anilines is 1. The van der Waals surface area contributed by atoms with Gasteiger partial charge in [-0.1, -0.05) is 35.9 Å². The van der Waals surface area contributed by atoms with Gasteiger partial charge in [-0.15, -0.1) is 0 Å². The quantitative estimate of drug-likeness (QED) is 0.508. The van der Waals surface area contributed by atoms with E-state index in [9.17, 15) is 24.1 Å². The van der Waals surface area contributed by atoms with Crippen LogP contribution in [0.3, 0.4) is 0 Å². The fourth-order valence-corrected chi connectivity index (χ4v) is 3.74. The smallest absolute Gasteiger partial charge is 0.270 e. The summed E-state index contributed by atoms with van der Waals surface area (Å²) in [5.74, 6) is -1.36. The molecule has 0 saturated carbocycles. The molecule has 1 atom stereocenters. The molecule has 3 aromatic rings. The van der Waals surface area contributed by atoms with Crippen molar-refractivity contribution in [1.29, 1.82) is 0 Å². The van der Waals surface area contributed by atoms with Crippen LogP contribution in [0.5, 0.6) is 0 Å². The fourth-order valence-electron chi connectivity index (χ4n) is 3.74. The van der Waals surface area contributed by atoms with Gasteiger partial charge in [-0.2, -0.15) is 0 Å². The SMILES string of the molecule is Cc1ccc2c(c1)C(c1ccc(F)cc1)N(C(=O)c1cccc([N+](=O)[O-])c1)CC(=O)N2. The lowest BCUT2D eigenvalue weighted by atomic mass is 9.94. The molecule has 0 radical (unpaired) electrons. The number of rotatable bonds is 3. The number of halogens is 1. The highest BCUT2D eigenvalue weighted by Crippen LogP contribution is 2.37. The zero-order valence-corrected chi connectivity index (χ0v) is 16.5. The molecule has 0 saturated heterocycles. The van der Waals surface area contributed by atoms with Crippen molar-refractivity contribution in [2.75, 3.05) is 11.9 Å². The summed E-state index contributed by atoms with van der Waals surface area (Å²) in [6, 6.07) is 15.9. The summed E-state index contributed by atoms with van der Waals surface area (Å²) in [7, 11) is 0. The Morgan fingerprint density at radius 2 is 1.87 bits per heavy atom. The summed E-state index contributed by atoms with van der Waals surface area (Å²) < 4.78 is 13.6. The first kappa shape index (κ1) is 20.2. The first-order chi connectivity index (χ1) is 14.8. The maximum atomic E-state index is 13.6. The minimum Gasteiger partial charge on any atom is -0.324 e. The number of amides is 2. The third-order valence-corrected chi connectivity index (χ3v) is 5.15. The Bertz CT molecular complexity index is 1190. The van der Waals surface area contributed by atoms with Crippen LogP contribution in [0.2, 0.25) is 0 Å². The molecule has 4 rings (SSSR count). The summed E-state index contributed by atoms with van der Waals surface area (Å²) in [5, 5.41) is 14.0. The Morgan fingerprint density at radius 1 is 1.13 bits per heavy atom. The summed E-state index contributed by atoms with van der Waals surface area (Å²) in [6.45, 7) is 1.62. The van der Waals surface area contributed by atoms with Crippen LogP contribution in [0.4, 0.5) is 15.8 Å². The number of aryl methyl sites for hydroxylation is 1. The standard InChI is InChI=1S/C23H18FN3O4/c1-14-5-10-20-19(11-14)22(15-6-8-17(24)9-7-15)26(13-21(28)25-20)23(29)16-3-2-4-18(12-16)27(30)31/h2-12,22H,13H2,1H3,(H,25,28). The summed E-state index contributed by atoms with van der Waals surface area (Å²) in [5.41, 5.74) is 2.63. The van der Waals surface area contributed by atoms with E-state index in [2.05, 4.69) is 5.32 Å². The number of nitrogens with one attached hydrogen (secondary N) is 1. The average Bonchev–Trinajstić information content (AvgIpc) is 2.89. The third-order valence-electron chi connectivity index (χ3n) is 5.15. The predicted molar refractivity (Wildman–Crippen MR) is 112 cm³/mol. The zero-order chi connectivity index (χ0) is 22.1. The van der Waals surface area contributed by atoms with Crippen molar-refractivity contribution in [3.8, 4) is 0 Å². The lowest BCUT2D eigenvalue weighted by Gasteiger charge is -2.31. The van der Waals surface area contributed by atoms with Crippen molar-refractivity contribution < 1.29 is 18.9 Å². The molecule has 156 valence electrons. The van der Waals surface area contributed by atoms with Crippen LogP contribution in [0, 0.1) is 22.9 Å². The Labute approximate surface area is 177 Å². The van der Waals surface area contributed by atoms with Gasteiger partial charge in [-0.3, -0.25) is 19.7 Å². The van der Waals surface area contributed by atoms with Crippen LogP contribution in [0.1, 0.15) is 33.1 Å². The van der Waals surface area contributed by atoms with E-state index in [1.165, 1.54) is 41.3 Å². The number of carbonyl (C=O) groups excluding carboxylic acids is 2. The van der Waals surface area contributed by atoms with Gasteiger partial charge in [0.25, 0.3) is 11.6 Å². The Balaban J connectivity index is 1.88. The van der Waals surface area contributed by atoms with E-state index in [0.29, 0.717) is 16.8 Å². The lowest BCUT2D eigenvalue weighted by molar-refractivity contribution is -0.384. The number of nitrogens with zero attached hydrogens (tertiary/aromatic N) is 2. The first-order valence-electron chi connectivity index (χ1n) is 9.55. The van der Waals surface area contributed by atoms with Crippen molar-refractivity contribution in [2.24, 2.45) is 0 Å². The largest absolute Gasteiger partial charge is 0.324 e. The second-order valence-corrected chi connectivity index (χ2v) is 7.33. The van der Waals surface area contributed by atoms with Gasteiger partial charge in [0.15, 0.2) is 0 Å². The number of nitro benzene ring substituents is 1. The number of fused-ring (bicyclic) bond motifs is 1. The number of hydrogen-bond donors (Lipinski definition) is 1. The number of hydrogen-bond acceptors (Lipinski definition) is 4. The molecular formula is C23H18FN3O4. The molecule has 1 aliphatic rings. The molecule has 31 heavy (non-hydrogen) atoms. The van der Waals surface area contributed by atoms with E-state index in [-0.39, 0.29) is 17.8 Å². The Kier molecular flexibility index (Phi) is 5.21. The molecule has 7 nitrogen and oxygen atoms in total. The molecule has 0 bridgehead atoms. The summed E-state index contributed by atoms with van der Waals surface area (Å²) in [6.07, 6.45) is 0. The molecule has 0 spiro atoms. The highest BCUT2D eigenvalue weighted by Gasteiger charge is 2.34. The zero-order valence-electron chi connectivity index (χ0n) is 16.5.